The summed E-state index contributed by atoms with van der Waals surface area (Å²) in [5.41, 5.74) is 2.01. The number of para-hydroxylation sites is 1. The first-order chi connectivity index (χ1) is 20.0. The largest absolute Gasteiger partial charge is 0.497 e. The number of esters is 1. The smallest absolute Gasteiger partial charge is 0.312 e. The fraction of sp³-hybridized carbons (Fsp3) is 0.364. The second-order valence-corrected chi connectivity index (χ2v) is 11.3. The van der Waals surface area contributed by atoms with Crippen molar-refractivity contribution in [3.8, 4) is 5.75 Å². The Labute approximate surface area is 239 Å². The molecule has 8 nitrogen and oxygen atoms in total. The molecule has 6 atom stereocenters. The Kier molecular flexibility index (Phi) is 6.12. The molecule has 2 amide bonds. The van der Waals surface area contributed by atoms with E-state index in [0.29, 0.717) is 12.3 Å². The fourth-order valence-electron chi connectivity index (χ4n) is 8.10. The molecule has 4 heterocycles. The maximum Gasteiger partial charge on any atom is 0.312 e. The molecule has 4 aliphatic rings. The molecule has 3 saturated heterocycles. The molecule has 0 radical (unpaired) electrons. The molecule has 0 aromatic heterocycles. The number of ether oxygens (including phenoxy) is 2. The maximum atomic E-state index is 14.2. The number of hydrogen-bond donors (Lipinski definition) is 1. The summed E-state index contributed by atoms with van der Waals surface area (Å²) in [4.78, 5) is 46.4. The third-order valence-corrected chi connectivity index (χ3v) is 9.55. The molecule has 0 saturated carbocycles. The van der Waals surface area contributed by atoms with Gasteiger partial charge in [0.1, 0.15) is 11.3 Å². The molecule has 4 aliphatic heterocycles. The number of nitrogens with one attached hydrogen (secondary N) is 1. The number of nitrogens with zero attached hydrogens (tertiary/aromatic N) is 2. The van der Waals surface area contributed by atoms with Crippen molar-refractivity contribution in [1.29, 1.82) is 0 Å². The highest BCUT2D eigenvalue weighted by molar-refractivity contribution is 6.10. The van der Waals surface area contributed by atoms with Gasteiger partial charge in [-0.1, -0.05) is 48.5 Å². The topological polar surface area (TPSA) is 88.2 Å². The van der Waals surface area contributed by atoms with Gasteiger partial charge in [-0.2, -0.15) is 0 Å². The third kappa shape index (κ3) is 3.53. The quantitative estimate of drug-likeness (QED) is 0.363. The lowest BCUT2D eigenvalue weighted by Gasteiger charge is -2.52. The zero-order chi connectivity index (χ0) is 28.3. The number of fused-ring (bicyclic) bond motifs is 4. The third-order valence-electron chi connectivity index (χ3n) is 9.55. The van der Waals surface area contributed by atoms with E-state index in [2.05, 4.69) is 10.2 Å². The van der Waals surface area contributed by atoms with Crippen molar-refractivity contribution in [3.05, 3.63) is 90.0 Å². The van der Waals surface area contributed by atoms with Crippen LogP contribution in [-0.4, -0.2) is 55.0 Å². The van der Waals surface area contributed by atoms with E-state index < -0.39 is 17.4 Å². The Hall–Kier alpha value is -4.17. The summed E-state index contributed by atoms with van der Waals surface area (Å²) in [7, 11) is 1.61. The van der Waals surface area contributed by atoms with E-state index in [9.17, 15) is 14.4 Å². The molecule has 3 fully saturated rings. The van der Waals surface area contributed by atoms with E-state index in [0.717, 1.165) is 35.3 Å². The second kappa shape index (κ2) is 9.73. The summed E-state index contributed by atoms with van der Waals surface area (Å²) in [6.45, 7) is 2.69. The van der Waals surface area contributed by atoms with Gasteiger partial charge in [-0.05, 0) is 62.2 Å². The average Bonchev–Trinajstić information content (AvgIpc) is 3.66. The van der Waals surface area contributed by atoms with Gasteiger partial charge in [-0.25, -0.2) is 0 Å². The number of rotatable bonds is 6. The molecule has 1 N–H and O–H groups in total. The first-order valence-corrected chi connectivity index (χ1v) is 14.4. The van der Waals surface area contributed by atoms with Crippen molar-refractivity contribution in [3.63, 3.8) is 0 Å². The van der Waals surface area contributed by atoms with Crippen LogP contribution in [0.4, 0.5) is 11.4 Å². The Morgan fingerprint density at radius 2 is 1.73 bits per heavy atom. The lowest BCUT2D eigenvalue weighted by Crippen LogP contribution is -2.65. The molecular weight excluding hydrogens is 518 g/mol. The Balaban J connectivity index is 1.43. The molecule has 1 spiro atoms. The van der Waals surface area contributed by atoms with E-state index in [1.165, 1.54) is 0 Å². The van der Waals surface area contributed by atoms with E-state index in [4.69, 9.17) is 9.47 Å². The number of methoxy groups -OCH3 is 1. The minimum Gasteiger partial charge on any atom is -0.497 e. The fourth-order valence-corrected chi connectivity index (χ4v) is 8.10. The van der Waals surface area contributed by atoms with Crippen LogP contribution in [0.15, 0.2) is 78.9 Å². The lowest BCUT2D eigenvalue weighted by atomic mass is 9.64. The van der Waals surface area contributed by atoms with Crippen LogP contribution in [0.25, 0.3) is 0 Å². The van der Waals surface area contributed by atoms with Crippen LogP contribution in [0, 0.1) is 11.8 Å². The van der Waals surface area contributed by atoms with Gasteiger partial charge in [-0.3, -0.25) is 19.3 Å². The molecule has 41 heavy (non-hydrogen) atoms. The van der Waals surface area contributed by atoms with E-state index >= 15 is 0 Å². The normalized spacial score (nSPS) is 30.1. The number of amides is 2. The zero-order valence-electron chi connectivity index (χ0n) is 23.2. The average molecular weight is 552 g/mol. The molecule has 210 valence electrons. The predicted octanol–water partition coefficient (Wildman–Crippen LogP) is 4.32. The summed E-state index contributed by atoms with van der Waals surface area (Å²) in [6.07, 6.45) is 1.74. The Morgan fingerprint density at radius 3 is 2.46 bits per heavy atom. The van der Waals surface area contributed by atoms with Crippen LogP contribution < -0.4 is 15.0 Å². The van der Waals surface area contributed by atoms with E-state index in [1.54, 1.807) is 14.0 Å². The van der Waals surface area contributed by atoms with Crippen LogP contribution in [-0.2, 0) is 24.7 Å². The van der Waals surface area contributed by atoms with Crippen molar-refractivity contribution in [2.75, 3.05) is 30.5 Å². The van der Waals surface area contributed by atoms with Crippen LogP contribution in [0.2, 0.25) is 0 Å². The molecule has 3 aromatic rings. The van der Waals surface area contributed by atoms with Crippen molar-refractivity contribution in [1.82, 2.24) is 4.90 Å². The highest BCUT2D eigenvalue weighted by Crippen LogP contribution is 2.62. The Bertz CT molecular complexity index is 1510. The van der Waals surface area contributed by atoms with Crippen LogP contribution in [0.1, 0.15) is 36.8 Å². The molecule has 4 unspecified atom stereocenters. The number of benzene rings is 3. The van der Waals surface area contributed by atoms with E-state index in [-0.39, 0.29) is 42.4 Å². The van der Waals surface area contributed by atoms with Crippen LogP contribution in [0.5, 0.6) is 5.75 Å². The number of carbonyl (C=O) groups excluding carboxylic acids is 3. The monoisotopic (exact) mass is 551 g/mol. The van der Waals surface area contributed by atoms with Gasteiger partial charge in [0.2, 0.25) is 5.91 Å². The summed E-state index contributed by atoms with van der Waals surface area (Å²) in [5, 5.41) is 3.09. The first kappa shape index (κ1) is 25.8. The van der Waals surface area contributed by atoms with Gasteiger partial charge in [0.25, 0.3) is 5.91 Å². The van der Waals surface area contributed by atoms with Gasteiger partial charge in [0.05, 0.1) is 31.6 Å². The van der Waals surface area contributed by atoms with Crippen molar-refractivity contribution >= 4 is 29.2 Å². The molecule has 8 heteroatoms. The van der Waals surface area contributed by atoms with Crippen molar-refractivity contribution in [2.45, 2.75) is 43.3 Å². The minimum atomic E-state index is -1.19. The molecule has 0 aliphatic carbocycles. The van der Waals surface area contributed by atoms with Crippen molar-refractivity contribution in [2.24, 2.45) is 11.8 Å². The van der Waals surface area contributed by atoms with Crippen molar-refractivity contribution < 1.29 is 23.9 Å². The minimum absolute atomic E-state index is 0.0178. The van der Waals surface area contributed by atoms with Crippen LogP contribution >= 0.6 is 0 Å². The second-order valence-electron chi connectivity index (χ2n) is 11.3. The number of anilines is 2. The van der Waals surface area contributed by atoms with E-state index in [1.807, 2.05) is 83.8 Å². The van der Waals surface area contributed by atoms with Gasteiger partial charge in [0, 0.05) is 28.9 Å². The maximum absolute atomic E-state index is 14.2. The molecule has 3 aromatic carbocycles. The molecular formula is C33H33N3O5. The molecule has 7 rings (SSSR count). The summed E-state index contributed by atoms with van der Waals surface area (Å²) in [5.74, 6) is -1.47. The van der Waals surface area contributed by atoms with Gasteiger partial charge in [-0.15, -0.1) is 0 Å². The number of hydrogen-bond acceptors (Lipinski definition) is 6. The number of carbonyl (C=O) groups is 3. The Morgan fingerprint density at radius 1 is 1.00 bits per heavy atom. The predicted molar refractivity (Wildman–Crippen MR) is 154 cm³/mol. The summed E-state index contributed by atoms with van der Waals surface area (Å²) >= 11 is 0. The molecule has 0 bridgehead atoms. The highest BCUT2D eigenvalue weighted by atomic mass is 16.5. The van der Waals surface area contributed by atoms with Gasteiger partial charge >= 0.3 is 5.97 Å². The highest BCUT2D eigenvalue weighted by Gasteiger charge is 2.73. The lowest BCUT2D eigenvalue weighted by molar-refractivity contribution is -0.157. The first-order valence-electron chi connectivity index (χ1n) is 14.4. The number of β-lactam (4-membered cyclic amide) rings is 1. The van der Waals surface area contributed by atoms with Crippen LogP contribution in [0.3, 0.4) is 0 Å². The zero-order valence-corrected chi connectivity index (χ0v) is 23.2. The van der Waals surface area contributed by atoms with Gasteiger partial charge in [0.15, 0.2) is 0 Å². The standard InChI is InChI=1S/C33H33N3O5/c1-3-41-31(38)28-27(25-14-9-19-35(25)33(28)23-12-7-8-13-24(23)34-32(33)39)29-26(20-10-5-4-6-11-20)30(37)36(29)21-15-17-22(40-2)18-16-21/h4-8,10-13,15-18,25-29H,3,9,14,19H2,1-2H3,(H,34,39)/t25?,26?,27?,28-,29?,33+/m0/s1. The summed E-state index contributed by atoms with van der Waals surface area (Å²) < 4.78 is 11.1. The van der Waals surface area contributed by atoms with Gasteiger partial charge < -0.3 is 19.7 Å². The SMILES string of the molecule is CCOC(=O)[C@@H]1C(C2C(c3ccccc3)C(=O)N2c2ccc(OC)cc2)C2CCCN2[C@@]12C(=O)Nc1ccccc12. The summed E-state index contributed by atoms with van der Waals surface area (Å²) in [6, 6.07) is 24.5.